The van der Waals surface area contributed by atoms with E-state index in [9.17, 15) is 14.4 Å². The monoisotopic (exact) mass is 478 g/mol. The molecule has 0 unspecified atom stereocenters. The number of nitrogens with zero attached hydrogens (tertiary/aromatic N) is 2. The molecule has 0 bridgehead atoms. The van der Waals surface area contributed by atoms with Crippen LogP contribution in [0.1, 0.15) is 50.9 Å². The molecule has 180 valence electrons. The number of amides is 3. The Morgan fingerprint density at radius 3 is 2.53 bits per heavy atom. The smallest absolute Gasteiger partial charge is 0.260 e. The summed E-state index contributed by atoms with van der Waals surface area (Å²) in [6.07, 6.45) is 3.06. The lowest BCUT2D eigenvalue weighted by Crippen LogP contribution is -2.48. The molecule has 3 aromatic carbocycles. The SMILES string of the molecule is O=C(CCCN1C(=O)c2ccccc2N2C(=O)c3ccccc3[C@@H]12)NCCc1c[nH]c2ccccc12. The van der Waals surface area contributed by atoms with Crippen molar-refractivity contribution in [1.29, 1.82) is 0 Å². The molecule has 7 nitrogen and oxygen atoms in total. The summed E-state index contributed by atoms with van der Waals surface area (Å²) in [6.45, 7) is 0.931. The van der Waals surface area contributed by atoms with Gasteiger partial charge in [0.1, 0.15) is 6.17 Å². The van der Waals surface area contributed by atoms with Gasteiger partial charge in [0.15, 0.2) is 0 Å². The summed E-state index contributed by atoms with van der Waals surface area (Å²) in [5.41, 5.74) is 4.86. The van der Waals surface area contributed by atoms with E-state index in [-0.39, 0.29) is 17.7 Å². The Hall–Kier alpha value is -4.39. The second kappa shape index (κ2) is 9.00. The highest BCUT2D eigenvalue weighted by Gasteiger charge is 2.47. The van der Waals surface area contributed by atoms with Crippen molar-refractivity contribution < 1.29 is 14.4 Å². The van der Waals surface area contributed by atoms with E-state index in [0.29, 0.717) is 42.7 Å². The number of carbonyl (C=O) groups excluding carboxylic acids is 3. The highest BCUT2D eigenvalue weighted by Crippen LogP contribution is 2.45. The third-order valence-electron chi connectivity index (χ3n) is 7.08. The van der Waals surface area contributed by atoms with Crippen LogP contribution in [0.2, 0.25) is 0 Å². The molecule has 6 rings (SSSR count). The van der Waals surface area contributed by atoms with Crippen molar-refractivity contribution in [1.82, 2.24) is 15.2 Å². The first-order valence-electron chi connectivity index (χ1n) is 12.3. The van der Waals surface area contributed by atoms with Crippen molar-refractivity contribution in [2.24, 2.45) is 0 Å². The van der Waals surface area contributed by atoms with Gasteiger partial charge >= 0.3 is 0 Å². The van der Waals surface area contributed by atoms with Crippen LogP contribution in [0.5, 0.6) is 0 Å². The molecule has 3 heterocycles. The van der Waals surface area contributed by atoms with Crippen molar-refractivity contribution in [2.45, 2.75) is 25.4 Å². The molecule has 36 heavy (non-hydrogen) atoms. The summed E-state index contributed by atoms with van der Waals surface area (Å²) in [4.78, 5) is 45.9. The first-order chi connectivity index (χ1) is 17.6. The van der Waals surface area contributed by atoms with Crippen LogP contribution >= 0.6 is 0 Å². The summed E-state index contributed by atoms with van der Waals surface area (Å²) in [5.74, 6) is -0.258. The largest absolute Gasteiger partial charge is 0.361 e. The van der Waals surface area contributed by atoms with Crippen molar-refractivity contribution in [2.75, 3.05) is 18.0 Å². The Kier molecular flexibility index (Phi) is 5.52. The van der Waals surface area contributed by atoms with Gasteiger partial charge in [0.25, 0.3) is 11.8 Å². The number of aromatic nitrogens is 1. The molecule has 1 atom stereocenters. The van der Waals surface area contributed by atoms with Crippen LogP contribution in [0.4, 0.5) is 5.69 Å². The molecule has 0 saturated heterocycles. The normalized spacial score (nSPS) is 16.2. The Morgan fingerprint density at radius 2 is 1.64 bits per heavy atom. The summed E-state index contributed by atoms with van der Waals surface area (Å²) in [6, 6.07) is 22.8. The topological polar surface area (TPSA) is 85.5 Å². The van der Waals surface area contributed by atoms with E-state index in [0.717, 1.165) is 17.5 Å². The number of anilines is 1. The van der Waals surface area contributed by atoms with Crippen LogP contribution in [-0.4, -0.2) is 40.7 Å². The molecular weight excluding hydrogens is 452 g/mol. The van der Waals surface area contributed by atoms with Crippen LogP contribution < -0.4 is 10.2 Å². The molecule has 0 saturated carbocycles. The molecule has 3 amide bonds. The van der Waals surface area contributed by atoms with Gasteiger partial charge in [-0.2, -0.15) is 0 Å². The lowest BCUT2D eigenvalue weighted by molar-refractivity contribution is -0.121. The maximum atomic E-state index is 13.4. The van der Waals surface area contributed by atoms with Gasteiger partial charge in [-0.05, 0) is 42.7 Å². The minimum absolute atomic E-state index is 0.0422. The summed E-state index contributed by atoms with van der Waals surface area (Å²) in [7, 11) is 0. The standard InChI is InChI=1S/C29H26N4O3/c34-26(30-16-15-19-18-31-24-12-5-3-8-20(19)24)14-7-17-32-27-21-9-1-2-10-22(21)29(36)33(27)25-13-6-4-11-23(25)28(32)35/h1-6,8-13,18,27,31H,7,14-17H2,(H,30,34)/t27-/m0/s1. The fourth-order valence-electron chi connectivity index (χ4n) is 5.37. The van der Waals surface area contributed by atoms with E-state index < -0.39 is 6.17 Å². The van der Waals surface area contributed by atoms with Crippen LogP contribution in [0.3, 0.4) is 0 Å². The average Bonchev–Trinajstić information content (AvgIpc) is 3.45. The van der Waals surface area contributed by atoms with E-state index in [1.54, 1.807) is 15.9 Å². The van der Waals surface area contributed by atoms with Gasteiger partial charge in [0.2, 0.25) is 5.91 Å². The zero-order chi connectivity index (χ0) is 24.6. The molecule has 0 fully saturated rings. The minimum Gasteiger partial charge on any atom is -0.361 e. The molecule has 2 aliphatic rings. The van der Waals surface area contributed by atoms with E-state index in [1.807, 2.05) is 66.9 Å². The van der Waals surface area contributed by atoms with Crippen molar-refractivity contribution in [3.63, 3.8) is 0 Å². The fourth-order valence-corrected chi connectivity index (χ4v) is 5.37. The van der Waals surface area contributed by atoms with Crippen molar-refractivity contribution in [3.8, 4) is 0 Å². The maximum absolute atomic E-state index is 13.4. The molecule has 0 spiro atoms. The number of aromatic amines is 1. The molecule has 7 heteroatoms. The fraction of sp³-hybridized carbons (Fsp3) is 0.207. The number of hydrogen-bond acceptors (Lipinski definition) is 3. The molecule has 4 aromatic rings. The van der Waals surface area contributed by atoms with Crippen LogP contribution in [0, 0.1) is 0 Å². The summed E-state index contributed by atoms with van der Waals surface area (Å²) in [5, 5.41) is 4.17. The number of fused-ring (bicyclic) bond motifs is 6. The minimum atomic E-state index is -0.485. The number of rotatable bonds is 7. The third kappa shape index (κ3) is 3.64. The number of para-hydroxylation sites is 2. The van der Waals surface area contributed by atoms with Crippen LogP contribution in [0.15, 0.2) is 79.0 Å². The average molecular weight is 479 g/mol. The van der Waals surface area contributed by atoms with E-state index in [4.69, 9.17) is 0 Å². The quantitative estimate of drug-likeness (QED) is 0.412. The molecular formula is C29H26N4O3. The van der Waals surface area contributed by atoms with Gasteiger partial charge < -0.3 is 15.2 Å². The molecule has 2 N–H and O–H groups in total. The Balaban J connectivity index is 1.12. The van der Waals surface area contributed by atoms with Gasteiger partial charge in [-0.1, -0.05) is 48.5 Å². The molecule has 0 radical (unpaired) electrons. The third-order valence-corrected chi connectivity index (χ3v) is 7.08. The van der Waals surface area contributed by atoms with Crippen molar-refractivity contribution in [3.05, 3.63) is 101 Å². The van der Waals surface area contributed by atoms with E-state index >= 15 is 0 Å². The zero-order valence-electron chi connectivity index (χ0n) is 19.7. The maximum Gasteiger partial charge on any atom is 0.260 e. The predicted octanol–water partition coefficient (Wildman–Crippen LogP) is 4.42. The summed E-state index contributed by atoms with van der Waals surface area (Å²) < 4.78 is 0. The van der Waals surface area contributed by atoms with Gasteiger partial charge in [0, 0.05) is 47.7 Å². The van der Waals surface area contributed by atoms with Crippen molar-refractivity contribution >= 4 is 34.3 Å². The zero-order valence-corrected chi connectivity index (χ0v) is 19.7. The van der Waals surface area contributed by atoms with E-state index in [2.05, 4.69) is 16.4 Å². The number of H-pyrrole nitrogens is 1. The lowest BCUT2D eigenvalue weighted by Gasteiger charge is -2.41. The lowest BCUT2D eigenvalue weighted by atomic mass is 10.0. The van der Waals surface area contributed by atoms with Gasteiger partial charge in [-0.3, -0.25) is 19.3 Å². The number of nitrogens with one attached hydrogen (secondary N) is 2. The molecule has 0 aliphatic carbocycles. The van der Waals surface area contributed by atoms with Gasteiger partial charge in [-0.25, -0.2) is 0 Å². The number of benzene rings is 3. The second-order valence-electron chi connectivity index (χ2n) is 9.21. The summed E-state index contributed by atoms with van der Waals surface area (Å²) >= 11 is 0. The highest BCUT2D eigenvalue weighted by molar-refractivity contribution is 6.16. The van der Waals surface area contributed by atoms with E-state index in [1.165, 1.54) is 10.9 Å². The van der Waals surface area contributed by atoms with Gasteiger partial charge in [-0.15, -0.1) is 0 Å². The first kappa shape index (κ1) is 22.1. The van der Waals surface area contributed by atoms with Crippen LogP contribution in [-0.2, 0) is 11.2 Å². The Labute approximate surface area is 208 Å². The molecule has 2 aliphatic heterocycles. The highest BCUT2D eigenvalue weighted by atomic mass is 16.2. The second-order valence-corrected chi connectivity index (χ2v) is 9.21. The Bertz CT molecular complexity index is 1490. The molecule has 1 aromatic heterocycles. The van der Waals surface area contributed by atoms with Gasteiger partial charge in [0.05, 0.1) is 11.3 Å². The predicted molar refractivity (Wildman–Crippen MR) is 138 cm³/mol. The number of hydrogen-bond donors (Lipinski definition) is 2. The number of carbonyl (C=O) groups is 3. The van der Waals surface area contributed by atoms with Crippen LogP contribution in [0.25, 0.3) is 10.9 Å². The first-order valence-corrected chi connectivity index (χ1v) is 12.3. The Morgan fingerprint density at radius 1 is 0.889 bits per heavy atom.